The largest absolute Gasteiger partial charge is 0.399 e. The standard InChI is InChI=1S/C16H14F2N2O/c1-9-2-5-12(17)14(15(9)18)16(21)20-7-6-10-3-4-11(19)8-13(10)20/h2-5,8H,6-7,19H2,1H3. The molecule has 1 amide bonds. The van der Waals surface area contributed by atoms with Gasteiger partial charge in [0.1, 0.15) is 17.2 Å². The highest BCUT2D eigenvalue weighted by molar-refractivity contribution is 6.08. The van der Waals surface area contributed by atoms with Gasteiger partial charge in [-0.2, -0.15) is 0 Å². The first-order chi connectivity index (χ1) is 9.99. The Hall–Kier alpha value is -2.43. The molecule has 5 heteroatoms. The fourth-order valence-electron chi connectivity index (χ4n) is 2.59. The first-order valence-corrected chi connectivity index (χ1v) is 6.64. The topological polar surface area (TPSA) is 46.3 Å². The van der Waals surface area contributed by atoms with Crippen molar-refractivity contribution in [2.45, 2.75) is 13.3 Å². The van der Waals surface area contributed by atoms with Crippen LogP contribution >= 0.6 is 0 Å². The summed E-state index contributed by atoms with van der Waals surface area (Å²) in [5.74, 6) is -2.32. The summed E-state index contributed by atoms with van der Waals surface area (Å²) in [7, 11) is 0. The third kappa shape index (κ3) is 2.14. The molecule has 2 aromatic carbocycles. The van der Waals surface area contributed by atoms with E-state index in [1.165, 1.54) is 17.9 Å². The molecule has 108 valence electrons. The van der Waals surface area contributed by atoms with Crippen LogP contribution < -0.4 is 10.6 Å². The van der Waals surface area contributed by atoms with E-state index in [2.05, 4.69) is 0 Å². The summed E-state index contributed by atoms with van der Waals surface area (Å²) in [6.45, 7) is 1.89. The Morgan fingerprint density at radius 3 is 2.76 bits per heavy atom. The molecule has 0 saturated heterocycles. The minimum atomic E-state index is -0.847. The maximum Gasteiger partial charge on any atom is 0.264 e. The molecule has 3 rings (SSSR count). The van der Waals surface area contributed by atoms with Crippen molar-refractivity contribution >= 4 is 17.3 Å². The summed E-state index contributed by atoms with van der Waals surface area (Å²) in [5.41, 5.74) is 7.55. The zero-order valence-corrected chi connectivity index (χ0v) is 11.5. The van der Waals surface area contributed by atoms with Gasteiger partial charge in [0.2, 0.25) is 0 Å². The monoisotopic (exact) mass is 288 g/mol. The first kappa shape index (κ1) is 13.5. The highest BCUT2D eigenvalue weighted by Crippen LogP contribution is 2.32. The van der Waals surface area contributed by atoms with Gasteiger partial charge >= 0.3 is 0 Å². The van der Waals surface area contributed by atoms with Crippen molar-refractivity contribution < 1.29 is 13.6 Å². The Bertz CT molecular complexity index is 743. The van der Waals surface area contributed by atoms with E-state index in [4.69, 9.17) is 5.73 Å². The van der Waals surface area contributed by atoms with Gasteiger partial charge in [-0.3, -0.25) is 4.79 Å². The summed E-state index contributed by atoms with van der Waals surface area (Å²) < 4.78 is 28.0. The third-order valence-electron chi connectivity index (χ3n) is 3.75. The van der Waals surface area contributed by atoms with E-state index in [9.17, 15) is 13.6 Å². The van der Waals surface area contributed by atoms with Crippen molar-refractivity contribution in [2.75, 3.05) is 17.2 Å². The fraction of sp³-hybridized carbons (Fsp3) is 0.188. The predicted octanol–water partition coefficient (Wildman–Crippen LogP) is 3.06. The van der Waals surface area contributed by atoms with E-state index in [1.807, 2.05) is 6.07 Å². The average molecular weight is 288 g/mol. The molecule has 0 spiro atoms. The van der Waals surface area contributed by atoms with Crippen molar-refractivity contribution in [2.24, 2.45) is 0 Å². The van der Waals surface area contributed by atoms with Gasteiger partial charge in [0.25, 0.3) is 5.91 Å². The number of benzene rings is 2. The molecule has 0 aromatic heterocycles. The number of nitrogens with two attached hydrogens (primary N) is 1. The SMILES string of the molecule is Cc1ccc(F)c(C(=O)N2CCc3ccc(N)cc32)c1F. The number of carbonyl (C=O) groups excluding carboxylic acids is 1. The van der Waals surface area contributed by atoms with Crippen LogP contribution in [0.15, 0.2) is 30.3 Å². The number of hydrogen-bond acceptors (Lipinski definition) is 2. The Morgan fingerprint density at radius 2 is 2.00 bits per heavy atom. The van der Waals surface area contributed by atoms with E-state index >= 15 is 0 Å². The van der Waals surface area contributed by atoms with Gasteiger partial charge in [0.05, 0.1) is 0 Å². The van der Waals surface area contributed by atoms with Gasteiger partial charge in [0, 0.05) is 17.9 Å². The van der Waals surface area contributed by atoms with Gasteiger partial charge in [-0.1, -0.05) is 12.1 Å². The summed E-state index contributed by atoms with van der Waals surface area (Å²) in [5, 5.41) is 0. The zero-order valence-electron chi connectivity index (χ0n) is 11.5. The molecule has 2 N–H and O–H groups in total. The van der Waals surface area contributed by atoms with Gasteiger partial charge < -0.3 is 10.6 Å². The number of aryl methyl sites for hydroxylation is 1. The summed E-state index contributed by atoms with van der Waals surface area (Å²) >= 11 is 0. The molecule has 3 nitrogen and oxygen atoms in total. The lowest BCUT2D eigenvalue weighted by Crippen LogP contribution is -2.30. The van der Waals surface area contributed by atoms with Gasteiger partial charge in [-0.05, 0) is 42.7 Å². The molecule has 0 atom stereocenters. The summed E-state index contributed by atoms with van der Waals surface area (Å²) in [6, 6.07) is 7.67. The highest BCUT2D eigenvalue weighted by Gasteiger charge is 2.30. The molecular weight excluding hydrogens is 274 g/mol. The van der Waals surface area contributed by atoms with E-state index in [1.54, 1.807) is 12.1 Å². The van der Waals surface area contributed by atoms with Crippen LogP contribution in [0.1, 0.15) is 21.5 Å². The number of carbonyl (C=O) groups is 1. The lowest BCUT2D eigenvalue weighted by molar-refractivity contribution is 0.0981. The lowest BCUT2D eigenvalue weighted by atomic mass is 10.1. The van der Waals surface area contributed by atoms with Crippen molar-refractivity contribution in [1.29, 1.82) is 0 Å². The van der Waals surface area contributed by atoms with Gasteiger partial charge in [0.15, 0.2) is 0 Å². The number of fused-ring (bicyclic) bond motifs is 1. The number of hydrogen-bond donors (Lipinski definition) is 1. The molecule has 0 unspecified atom stereocenters. The van der Waals surface area contributed by atoms with E-state index < -0.39 is 23.1 Å². The number of halogens is 2. The Balaban J connectivity index is 2.07. The second kappa shape index (κ2) is 4.84. The second-order valence-corrected chi connectivity index (χ2v) is 5.15. The first-order valence-electron chi connectivity index (χ1n) is 6.64. The van der Waals surface area contributed by atoms with Gasteiger partial charge in [-0.15, -0.1) is 0 Å². The molecule has 0 saturated carbocycles. The van der Waals surface area contributed by atoms with Crippen molar-refractivity contribution in [3.05, 3.63) is 58.7 Å². The van der Waals surface area contributed by atoms with Gasteiger partial charge in [-0.25, -0.2) is 8.78 Å². The van der Waals surface area contributed by atoms with Crippen LogP contribution in [-0.4, -0.2) is 12.5 Å². The Labute approximate surface area is 121 Å². The lowest BCUT2D eigenvalue weighted by Gasteiger charge is -2.19. The summed E-state index contributed by atoms with van der Waals surface area (Å²) in [4.78, 5) is 13.9. The molecule has 21 heavy (non-hydrogen) atoms. The van der Waals surface area contributed by atoms with Crippen molar-refractivity contribution in [3.63, 3.8) is 0 Å². The van der Waals surface area contributed by atoms with E-state index in [0.717, 1.165) is 11.6 Å². The van der Waals surface area contributed by atoms with Crippen LogP contribution in [0.2, 0.25) is 0 Å². The van der Waals surface area contributed by atoms with Crippen molar-refractivity contribution in [1.82, 2.24) is 0 Å². The molecule has 0 bridgehead atoms. The smallest absolute Gasteiger partial charge is 0.264 e. The normalized spacial score (nSPS) is 13.4. The minimum absolute atomic E-state index is 0.242. The highest BCUT2D eigenvalue weighted by atomic mass is 19.1. The maximum atomic E-state index is 14.1. The van der Waals surface area contributed by atoms with Crippen LogP contribution in [0.3, 0.4) is 0 Å². The minimum Gasteiger partial charge on any atom is -0.399 e. The Morgan fingerprint density at radius 1 is 1.24 bits per heavy atom. The predicted molar refractivity (Wildman–Crippen MR) is 77.3 cm³/mol. The van der Waals surface area contributed by atoms with Crippen LogP contribution in [0.25, 0.3) is 0 Å². The maximum absolute atomic E-state index is 14.1. The van der Waals surface area contributed by atoms with Crippen molar-refractivity contribution in [3.8, 4) is 0 Å². The zero-order chi connectivity index (χ0) is 15.1. The third-order valence-corrected chi connectivity index (χ3v) is 3.75. The molecule has 1 aliphatic heterocycles. The molecule has 0 fully saturated rings. The average Bonchev–Trinajstić information content (AvgIpc) is 2.86. The Kier molecular flexibility index (Phi) is 3.12. The van der Waals surface area contributed by atoms with Crippen LogP contribution in [0.5, 0.6) is 0 Å². The fourth-order valence-corrected chi connectivity index (χ4v) is 2.59. The number of anilines is 2. The summed E-state index contributed by atoms with van der Waals surface area (Å²) in [6.07, 6.45) is 0.649. The molecule has 1 aliphatic rings. The van der Waals surface area contributed by atoms with Crippen LogP contribution in [0.4, 0.5) is 20.2 Å². The quantitative estimate of drug-likeness (QED) is 0.820. The molecular formula is C16H14F2N2O. The van der Waals surface area contributed by atoms with Crippen LogP contribution in [0, 0.1) is 18.6 Å². The number of nitrogens with zero attached hydrogens (tertiary/aromatic N) is 1. The molecule has 0 radical (unpaired) electrons. The number of amides is 1. The molecule has 2 aromatic rings. The number of rotatable bonds is 1. The molecule has 1 heterocycles. The van der Waals surface area contributed by atoms with Crippen LogP contribution in [-0.2, 0) is 6.42 Å². The molecule has 0 aliphatic carbocycles. The van der Waals surface area contributed by atoms with E-state index in [-0.39, 0.29) is 5.56 Å². The number of nitrogen functional groups attached to an aromatic ring is 1. The van der Waals surface area contributed by atoms with E-state index in [0.29, 0.717) is 24.3 Å². The second-order valence-electron chi connectivity index (χ2n) is 5.15.